The molecule has 0 saturated heterocycles. The molecule has 154 valence electrons. The number of fused-ring (bicyclic) bond motifs is 1. The van der Waals surface area contributed by atoms with E-state index in [9.17, 15) is 13.6 Å². The van der Waals surface area contributed by atoms with Gasteiger partial charge in [0.25, 0.3) is 12.3 Å². The predicted molar refractivity (Wildman–Crippen MR) is 108 cm³/mol. The highest BCUT2D eigenvalue weighted by Gasteiger charge is 2.16. The van der Waals surface area contributed by atoms with Gasteiger partial charge in [-0.3, -0.25) is 4.79 Å². The monoisotopic (exact) mass is 410 g/mol. The van der Waals surface area contributed by atoms with Crippen LogP contribution in [0.25, 0.3) is 22.3 Å². The lowest BCUT2D eigenvalue weighted by atomic mass is 10.1. The number of nitrogens with one attached hydrogen (secondary N) is 1. The number of carbonyl (C=O) groups excluding carboxylic acids is 1. The largest absolute Gasteiger partial charge is 0.361 e. The minimum atomic E-state index is -2.68. The highest BCUT2D eigenvalue weighted by molar-refractivity contribution is 5.97. The van der Waals surface area contributed by atoms with E-state index in [4.69, 9.17) is 4.52 Å². The maximum absolute atomic E-state index is 12.8. The number of H-pyrrole nitrogens is 1. The van der Waals surface area contributed by atoms with Crippen molar-refractivity contribution in [3.63, 3.8) is 0 Å². The number of hydrogen-bond donors (Lipinski definition) is 1. The summed E-state index contributed by atoms with van der Waals surface area (Å²) in [7, 11) is 1.71. The van der Waals surface area contributed by atoms with Gasteiger partial charge in [0.05, 0.1) is 11.0 Å². The summed E-state index contributed by atoms with van der Waals surface area (Å²) < 4.78 is 31.0. The normalized spacial score (nSPS) is 11.3. The molecule has 6 nitrogen and oxygen atoms in total. The lowest BCUT2D eigenvalue weighted by molar-refractivity contribution is 0.0793. The molecule has 0 spiro atoms. The Balaban J connectivity index is 1.35. The van der Waals surface area contributed by atoms with Gasteiger partial charge in [-0.1, -0.05) is 35.5 Å². The summed E-state index contributed by atoms with van der Waals surface area (Å²) in [5.41, 5.74) is 3.01. The third-order valence-electron chi connectivity index (χ3n) is 4.85. The summed E-state index contributed by atoms with van der Waals surface area (Å²) >= 11 is 0. The van der Waals surface area contributed by atoms with Crippen LogP contribution >= 0.6 is 0 Å². The van der Waals surface area contributed by atoms with E-state index in [-0.39, 0.29) is 5.91 Å². The molecule has 0 aliphatic rings. The number of amides is 1. The molecule has 0 aliphatic heterocycles. The SMILES string of the molecule is CN(CCCc1cc(-c2ccccc2)no1)C(=O)c1ccc2nc(C(F)F)[nH]c2c1. The molecule has 4 rings (SSSR count). The second kappa shape index (κ2) is 8.44. The van der Waals surface area contributed by atoms with Crippen LogP contribution in [0, 0.1) is 0 Å². The fraction of sp³-hybridized carbons (Fsp3) is 0.227. The van der Waals surface area contributed by atoms with E-state index in [2.05, 4.69) is 15.1 Å². The fourth-order valence-electron chi connectivity index (χ4n) is 3.25. The molecule has 4 aromatic rings. The molecule has 2 heterocycles. The molecule has 30 heavy (non-hydrogen) atoms. The summed E-state index contributed by atoms with van der Waals surface area (Å²) in [5, 5.41) is 4.09. The first-order valence-corrected chi connectivity index (χ1v) is 9.55. The molecular weight excluding hydrogens is 390 g/mol. The highest BCUT2D eigenvalue weighted by atomic mass is 19.3. The molecule has 0 radical (unpaired) electrons. The van der Waals surface area contributed by atoms with Crippen molar-refractivity contribution in [3.8, 4) is 11.3 Å². The molecule has 1 amide bonds. The number of benzene rings is 2. The maximum atomic E-state index is 12.8. The van der Waals surface area contributed by atoms with Crippen LogP contribution in [-0.2, 0) is 6.42 Å². The topological polar surface area (TPSA) is 75.0 Å². The van der Waals surface area contributed by atoms with Crippen LogP contribution in [0.1, 0.15) is 34.8 Å². The molecule has 2 aromatic carbocycles. The van der Waals surface area contributed by atoms with E-state index >= 15 is 0 Å². The second-order valence-corrected chi connectivity index (χ2v) is 7.03. The van der Waals surface area contributed by atoms with Crippen LogP contribution in [0.15, 0.2) is 59.1 Å². The number of imidazole rings is 1. The van der Waals surface area contributed by atoms with Crippen LogP contribution in [0.5, 0.6) is 0 Å². The zero-order valence-corrected chi connectivity index (χ0v) is 16.3. The number of nitrogens with zero attached hydrogens (tertiary/aromatic N) is 3. The number of alkyl halides is 2. The van der Waals surface area contributed by atoms with E-state index < -0.39 is 12.2 Å². The highest BCUT2D eigenvalue weighted by Crippen LogP contribution is 2.22. The van der Waals surface area contributed by atoms with Gasteiger partial charge >= 0.3 is 0 Å². The van der Waals surface area contributed by atoms with Crippen molar-refractivity contribution in [1.82, 2.24) is 20.0 Å². The van der Waals surface area contributed by atoms with Crippen LogP contribution in [0.3, 0.4) is 0 Å². The average Bonchev–Trinajstić information content (AvgIpc) is 3.40. The Hall–Kier alpha value is -3.55. The van der Waals surface area contributed by atoms with E-state index in [1.165, 1.54) is 0 Å². The van der Waals surface area contributed by atoms with Gasteiger partial charge < -0.3 is 14.4 Å². The van der Waals surface area contributed by atoms with Gasteiger partial charge in [-0.05, 0) is 24.6 Å². The first-order chi connectivity index (χ1) is 14.5. The Morgan fingerprint density at radius 1 is 1.17 bits per heavy atom. The van der Waals surface area contributed by atoms with Crippen molar-refractivity contribution in [3.05, 3.63) is 71.7 Å². The van der Waals surface area contributed by atoms with Crippen molar-refractivity contribution in [2.75, 3.05) is 13.6 Å². The zero-order chi connectivity index (χ0) is 21.1. The summed E-state index contributed by atoms with van der Waals surface area (Å²) in [5.74, 6) is 0.172. The van der Waals surface area contributed by atoms with Crippen molar-refractivity contribution < 1.29 is 18.1 Å². The molecule has 0 aliphatic carbocycles. The minimum absolute atomic E-state index is 0.187. The molecule has 0 atom stereocenters. The number of carbonyl (C=O) groups is 1. The van der Waals surface area contributed by atoms with Gasteiger partial charge in [0, 0.05) is 37.2 Å². The van der Waals surface area contributed by atoms with Crippen molar-refractivity contribution in [2.24, 2.45) is 0 Å². The third-order valence-corrected chi connectivity index (χ3v) is 4.85. The molecule has 2 aromatic heterocycles. The van der Waals surface area contributed by atoms with E-state index in [0.717, 1.165) is 17.0 Å². The van der Waals surface area contributed by atoms with Gasteiger partial charge in [-0.25, -0.2) is 13.8 Å². The summed E-state index contributed by atoms with van der Waals surface area (Å²) in [6.45, 7) is 0.517. The Kier molecular flexibility index (Phi) is 5.56. The van der Waals surface area contributed by atoms with E-state index in [0.29, 0.717) is 36.0 Å². The van der Waals surface area contributed by atoms with Gasteiger partial charge in [-0.2, -0.15) is 0 Å². The van der Waals surface area contributed by atoms with Crippen molar-refractivity contribution in [2.45, 2.75) is 19.3 Å². The van der Waals surface area contributed by atoms with Crippen LogP contribution in [0.4, 0.5) is 8.78 Å². The van der Waals surface area contributed by atoms with Crippen LogP contribution in [0.2, 0.25) is 0 Å². The molecule has 0 unspecified atom stereocenters. The molecule has 1 N–H and O–H groups in total. The Morgan fingerprint density at radius 2 is 1.97 bits per heavy atom. The van der Waals surface area contributed by atoms with Gasteiger partial charge in [-0.15, -0.1) is 0 Å². The number of hydrogen-bond acceptors (Lipinski definition) is 4. The number of aromatic nitrogens is 3. The number of aryl methyl sites for hydroxylation is 1. The predicted octanol–water partition coefficient (Wildman–Crippen LogP) is 4.86. The van der Waals surface area contributed by atoms with Gasteiger partial charge in [0.15, 0.2) is 5.82 Å². The minimum Gasteiger partial charge on any atom is -0.361 e. The fourth-order valence-corrected chi connectivity index (χ4v) is 3.25. The summed E-state index contributed by atoms with van der Waals surface area (Å²) in [6.07, 6.45) is -1.33. The number of aromatic amines is 1. The third kappa shape index (κ3) is 4.22. The average molecular weight is 410 g/mol. The molecular formula is C22H20F2N4O2. The summed E-state index contributed by atoms with van der Waals surface area (Å²) in [6, 6.07) is 16.4. The molecule has 0 saturated carbocycles. The Bertz CT molecular complexity index is 1150. The lowest BCUT2D eigenvalue weighted by Crippen LogP contribution is -2.28. The van der Waals surface area contributed by atoms with E-state index in [1.807, 2.05) is 36.4 Å². The number of rotatable bonds is 7. The zero-order valence-electron chi connectivity index (χ0n) is 16.3. The molecule has 8 heteroatoms. The first-order valence-electron chi connectivity index (χ1n) is 9.55. The van der Waals surface area contributed by atoms with Crippen LogP contribution in [-0.4, -0.2) is 39.5 Å². The lowest BCUT2D eigenvalue weighted by Gasteiger charge is -2.16. The molecule has 0 bridgehead atoms. The van der Waals surface area contributed by atoms with Crippen LogP contribution < -0.4 is 0 Å². The van der Waals surface area contributed by atoms with Crippen molar-refractivity contribution >= 4 is 16.9 Å². The van der Waals surface area contributed by atoms with E-state index in [1.54, 1.807) is 30.1 Å². The summed E-state index contributed by atoms with van der Waals surface area (Å²) in [4.78, 5) is 20.6. The van der Waals surface area contributed by atoms with Gasteiger partial charge in [0.2, 0.25) is 0 Å². The second-order valence-electron chi connectivity index (χ2n) is 7.03. The smallest absolute Gasteiger partial charge is 0.295 e. The standard InChI is InChI=1S/C22H20F2N4O2/c1-28(11-5-8-16-13-18(27-30-16)14-6-3-2-4-7-14)22(29)15-9-10-17-19(12-15)26-21(25-17)20(23)24/h2-4,6-7,9-10,12-13,20H,5,8,11H2,1H3,(H,25,26). The van der Waals surface area contributed by atoms with Gasteiger partial charge in [0.1, 0.15) is 11.5 Å². The first kappa shape index (κ1) is 19.8. The Labute approximate surface area is 171 Å². The molecule has 0 fully saturated rings. The Morgan fingerprint density at radius 3 is 2.73 bits per heavy atom. The van der Waals surface area contributed by atoms with Crippen molar-refractivity contribution in [1.29, 1.82) is 0 Å². The maximum Gasteiger partial charge on any atom is 0.295 e. The number of halogens is 2. The quantitative estimate of drug-likeness (QED) is 0.472.